The van der Waals surface area contributed by atoms with E-state index >= 15 is 0 Å². The maximum Gasteiger partial charge on any atom is 0.438 e. The Bertz CT molecular complexity index is 1020. The molecule has 9 heteroatoms. The van der Waals surface area contributed by atoms with E-state index in [0.29, 0.717) is 21.8 Å². The predicted molar refractivity (Wildman–Crippen MR) is 104 cm³/mol. The molecule has 0 radical (unpaired) electrons. The van der Waals surface area contributed by atoms with Crippen molar-refractivity contribution in [2.45, 2.75) is 46.6 Å². The van der Waals surface area contributed by atoms with E-state index in [2.05, 4.69) is 10.2 Å². The molecule has 0 saturated carbocycles. The monoisotopic (exact) mass is 404 g/mol. The molecular weight excluding hydrogens is 384 g/mol. The minimum atomic E-state index is -0.856. The number of amides is 2. The number of fused-ring (bicyclic) bond motifs is 1. The number of halogens is 1. The number of carbonyl (C=O) groups is 3. The lowest BCUT2D eigenvalue weighted by Gasteiger charge is -2.28. The number of pyridine rings is 1. The van der Waals surface area contributed by atoms with E-state index in [-0.39, 0.29) is 23.8 Å². The van der Waals surface area contributed by atoms with E-state index < -0.39 is 17.6 Å². The first kappa shape index (κ1) is 20.0. The topological polar surface area (TPSA) is 93.3 Å². The molecule has 0 fully saturated rings. The van der Waals surface area contributed by atoms with Gasteiger partial charge in [-0.3, -0.25) is 9.59 Å². The largest absolute Gasteiger partial charge is 0.442 e. The normalized spacial score (nSPS) is 17.6. The number of aromatic nitrogens is 2. The van der Waals surface area contributed by atoms with Gasteiger partial charge in [-0.1, -0.05) is 18.5 Å². The number of hydrazone groups is 1. The van der Waals surface area contributed by atoms with Gasteiger partial charge in [-0.2, -0.15) is 10.2 Å². The minimum Gasteiger partial charge on any atom is -0.442 e. The highest BCUT2D eigenvalue weighted by Gasteiger charge is 2.36. The molecule has 1 aliphatic rings. The van der Waals surface area contributed by atoms with Crippen molar-refractivity contribution < 1.29 is 19.1 Å². The summed E-state index contributed by atoms with van der Waals surface area (Å²) >= 11 is 6.03. The molecular formula is C19H21ClN4O4. The van der Waals surface area contributed by atoms with Crippen LogP contribution in [0.5, 0.6) is 0 Å². The van der Waals surface area contributed by atoms with E-state index in [1.165, 1.54) is 11.4 Å². The lowest BCUT2D eigenvalue weighted by atomic mass is 9.92. The van der Waals surface area contributed by atoms with Gasteiger partial charge in [0.1, 0.15) is 11.3 Å². The van der Waals surface area contributed by atoms with Crippen molar-refractivity contribution in [1.29, 1.82) is 0 Å². The number of Topliss-reactive ketones (excluding diaryl/α,β-unsaturated/α-hetero) is 1. The Hall–Kier alpha value is -2.74. The molecule has 0 aromatic carbocycles. The number of rotatable bonds is 2. The molecule has 28 heavy (non-hydrogen) atoms. The fourth-order valence-corrected chi connectivity index (χ4v) is 3.13. The van der Waals surface area contributed by atoms with Crippen LogP contribution in [0.15, 0.2) is 23.4 Å². The molecule has 1 unspecified atom stereocenters. The summed E-state index contributed by atoms with van der Waals surface area (Å²) in [7, 11) is 0. The van der Waals surface area contributed by atoms with Gasteiger partial charge in [0.25, 0.3) is 5.91 Å². The summed E-state index contributed by atoms with van der Waals surface area (Å²) in [5, 5.41) is 9.77. The Labute approximate surface area is 167 Å². The van der Waals surface area contributed by atoms with Gasteiger partial charge in [0.15, 0.2) is 5.78 Å². The number of imide groups is 1. The second kappa shape index (κ2) is 7.01. The third kappa shape index (κ3) is 3.77. The smallest absolute Gasteiger partial charge is 0.438 e. The molecule has 0 aliphatic carbocycles. The molecule has 8 nitrogen and oxygen atoms in total. The molecule has 3 rings (SSSR count). The molecule has 2 aromatic heterocycles. The van der Waals surface area contributed by atoms with Gasteiger partial charge >= 0.3 is 6.09 Å². The zero-order chi connectivity index (χ0) is 20.8. The Morgan fingerprint density at radius 2 is 1.96 bits per heavy atom. The molecule has 148 valence electrons. The first-order valence-electron chi connectivity index (χ1n) is 8.81. The van der Waals surface area contributed by atoms with Crippen LogP contribution in [0, 0.1) is 5.92 Å². The third-order valence-corrected chi connectivity index (χ3v) is 4.36. The molecule has 0 spiro atoms. The number of hydrogen-bond donors (Lipinski definition) is 0. The van der Waals surface area contributed by atoms with Crippen LogP contribution in [-0.4, -0.2) is 43.7 Å². The van der Waals surface area contributed by atoms with Gasteiger partial charge in [0, 0.05) is 25.5 Å². The summed E-state index contributed by atoms with van der Waals surface area (Å²) in [6, 6.07) is 3.40. The van der Waals surface area contributed by atoms with Crippen LogP contribution in [0.1, 0.15) is 57.1 Å². The highest BCUT2D eigenvalue weighted by molar-refractivity contribution is 6.30. The summed E-state index contributed by atoms with van der Waals surface area (Å²) < 4.78 is 6.78. The lowest BCUT2D eigenvalue weighted by Crippen LogP contribution is -2.42. The van der Waals surface area contributed by atoms with Crippen LogP contribution in [-0.2, 0) is 9.53 Å². The number of ether oxygens (including phenoxy) is 1. The minimum absolute atomic E-state index is 0.0559. The van der Waals surface area contributed by atoms with E-state index in [0.717, 1.165) is 5.01 Å². The zero-order valence-electron chi connectivity index (χ0n) is 16.3. The molecule has 1 atom stereocenters. The van der Waals surface area contributed by atoms with Crippen LogP contribution < -0.4 is 0 Å². The summed E-state index contributed by atoms with van der Waals surface area (Å²) in [4.78, 5) is 37.0. The van der Waals surface area contributed by atoms with Gasteiger partial charge < -0.3 is 4.74 Å². The fourth-order valence-electron chi connectivity index (χ4n) is 2.97. The van der Waals surface area contributed by atoms with Crippen LogP contribution in [0.25, 0.3) is 5.52 Å². The molecule has 0 N–H and O–H groups in total. The van der Waals surface area contributed by atoms with Crippen molar-refractivity contribution in [3.05, 3.63) is 34.6 Å². The predicted octanol–water partition coefficient (Wildman–Crippen LogP) is 3.70. The van der Waals surface area contributed by atoms with Gasteiger partial charge in [0.05, 0.1) is 21.8 Å². The summed E-state index contributed by atoms with van der Waals surface area (Å²) in [5.41, 5.74) is 0.942. The first-order chi connectivity index (χ1) is 13.0. The lowest BCUT2D eigenvalue weighted by molar-refractivity contribution is -0.131. The number of hydrogen-bond acceptors (Lipinski definition) is 6. The van der Waals surface area contributed by atoms with Crippen molar-refractivity contribution in [3.8, 4) is 0 Å². The Balaban J connectivity index is 2.17. The fraction of sp³-hybridized carbons (Fsp3) is 0.421. The van der Waals surface area contributed by atoms with Gasteiger partial charge in [-0.05, 0) is 32.9 Å². The zero-order valence-corrected chi connectivity index (χ0v) is 17.1. The Morgan fingerprint density at radius 1 is 1.29 bits per heavy atom. The first-order valence-corrected chi connectivity index (χ1v) is 9.19. The third-order valence-electron chi connectivity index (χ3n) is 4.14. The van der Waals surface area contributed by atoms with Crippen molar-refractivity contribution >= 4 is 40.6 Å². The van der Waals surface area contributed by atoms with Gasteiger partial charge in [-0.15, -0.1) is 5.01 Å². The number of nitrogens with zero attached hydrogens (tertiary/aromatic N) is 4. The van der Waals surface area contributed by atoms with Crippen LogP contribution in [0.4, 0.5) is 4.79 Å². The van der Waals surface area contributed by atoms with Gasteiger partial charge in [-0.25, -0.2) is 9.31 Å². The average Bonchev–Trinajstić information content (AvgIpc) is 2.91. The molecule has 0 saturated heterocycles. The van der Waals surface area contributed by atoms with E-state index in [4.69, 9.17) is 16.3 Å². The maximum atomic E-state index is 12.4. The van der Waals surface area contributed by atoms with Crippen LogP contribution >= 0.6 is 11.6 Å². The van der Waals surface area contributed by atoms with E-state index in [1.54, 1.807) is 39.1 Å². The molecule has 0 bridgehead atoms. The summed E-state index contributed by atoms with van der Waals surface area (Å²) in [5.74, 6) is -1.03. The van der Waals surface area contributed by atoms with Crippen molar-refractivity contribution in [2.75, 3.05) is 0 Å². The second-order valence-electron chi connectivity index (χ2n) is 7.73. The van der Waals surface area contributed by atoms with Gasteiger partial charge in [0.2, 0.25) is 0 Å². The molecule has 2 amide bonds. The van der Waals surface area contributed by atoms with Crippen LogP contribution in [0.3, 0.4) is 0 Å². The standard InChI is InChI=1S/C19H21ClN4O4/c1-10-8-14(26)24(18(27)28-19(3,4)5)22-16(10)15-13-7-6-12(20)9-23(13)21-17(15)11(2)25/h6-7,9-10H,8H2,1-5H3. The van der Waals surface area contributed by atoms with Crippen LogP contribution in [0.2, 0.25) is 5.02 Å². The Kier molecular flexibility index (Phi) is 5.01. The number of carbonyl (C=O) groups excluding carboxylic acids is 3. The van der Waals surface area contributed by atoms with E-state index in [9.17, 15) is 14.4 Å². The summed E-state index contributed by atoms with van der Waals surface area (Å²) in [6.07, 6.45) is 0.781. The summed E-state index contributed by atoms with van der Waals surface area (Å²) in [6.45, 7) is 8.32. The molecule has 3 heterocycles. The number of ketones is 1. The van der Waals surface area contributed by atoms with Crippen molar-refractivity contribution in [2.24, 2.45) is 11.0 Å². The maximum absolute atomic E-state index is 12.4. The van der Waals surface area contributed by atoms with Crippen molar-refractivity contribution in [1.82, 2.24) is 14.6 Å². The second-order valence-corrected chi connectivity index (χ2v) is 8.17. The quantitative estimate of drug-likeness (QED) is 0.711. The SMILES string of the molecule is CC(=O)c1nn2cc(Cl)ccc2c1C1=NN(C(=O)OC(C)(C)C)C(=O)CC1C. The molecule has 1 aliphatic heterocycles. The average molecular weight is 405 g/mol. The van der Waals surface area contributed by atoms with Crippen molar-refractivity contribution in [3.63, 3.8) is 0 Å². The Morgan fingerprint density at radius 3 is 2.57 bits per heavy atom. The highest BCUT2D eigenvalue weighted by Crippen LogP contribution is 2.28. The molecule has 2 aromatic rings. The van der Waals surface area contributed by atoms with E-state index in [1.807, 2.05) is 6.92 Å². The highest BCUT2D eigenvalue weighted by atomic mass is 35.5.